The molecule has 0 amide bonds. The molecule has 29 heavy (non-hydrogen) atoms. The van der Waals surface area contributed by atoms with Crippen molar-refractivity contribution in [1.82, 2.24) is 9.62 Å². The number of aryl methyl sites for hydroxylation is 1. The van der Waals surface area contributed by atoms with Gasteiger partial charge in [0.05, 0.1) is 29.8 Å². The molecule has 1 saturated heterocycles. The van der Waals surface area contributed by atoms with Gasteiger partial charge in [0.25, 0.3) is 0 Å². The fourth-order valence-electron chi connectivity index (χ4n) is 3.92. The fourth-order valence-corrected chi connectivity index (χ4v) is 5.65. The zero-order valence-corrected chi connectivity index (χ0v) is 17.0. The lowest BCUT2D eigenvalue weighted by atomic mass is 9.95. The third-order valence-electron chi connectivity index (χ3n) is 5.34. The summed E-state index contributed by atoms with van der Waals surface area (Å²) >= 11 is 0. The molecule has 1 aliphatic heterocycles. The minimum absolute atomic E-state index is 0.220. The Hall–Kier alpha value is -2.51. The van der Waals surface area contributed by atoms with Crippen LogP contribution in [-0.2, 0) is 10.0 Å². The molecule has 2 N–H and O–H groups in total. The molecule has 3 atom stereocenters. The van der Waals surface area contributed by atoms with E-state index in [1.165, 1.54) is 4.31 Å². The van der Waals surface area contributed by atoms with E-state index in [1.807, 2.05) is 67.6 Å². The average Bonchev–Trinajstić information content (AvgIpc) is 3.16. The Kier molecular flexibility index (Phi) is 5.52. The predicted octanol–water partition coefficient (Wildman–Crippen LogP) is 3.39. The van der Waals surface area contributed by atoms with Crippen LogP contribution >= 0.6 is 0 Å². The molecule has 150 valence electrons. The molecule has 0 radical (unpaired) electrons. The summed E-state index contributed by atoms with van der Waals surface area (Å²) in [4.78, 5) is 0.220. The van der Waals surface area contributed by atoms with E-state index < -0.39 is 22.2 Å². The topological polar surface area (TPSA) is 69.6 Å². The third-order valence-corrected chi connectivity index (χ3v) is 7.24. The number of aliphatic hydroxyl groups is 1. The van der Waals surface area contributed by atoms with Gasteiger partial charge in [-0.15, -0.1) is 0 Å². The molecule has 1 fully saturated rings. The van der Waals surface area contributed by atoms with E-state index in [-0.39, 0.29) is 17.5 Å². The number of aliphatic hydroxyl groups excluding tert-OH is 1. The maximum atomic E-state index is 13.7. The zero-order chi connectivity index (χ0) is 20.4. The summed E-state index contributed by atoms with van der Waals surface area (Å²) in [5.74, 6) is 0. The van der Waals surface area contributed by atoms with Gasteiger partial charge in [-0.05, 0) is 30.2 Å². The van der Waals surface area contributed by atoms with Crippen LogP contribution in [0.15, 0.2) is 89.8 Å². The van der Waals surface area contributed by atoms with E-state index in [4.69, 9.17) is 0 Å². The molecular weight excluding hydrogens is 384 g/mol. The average molecular weight is 409 g/mol. The van der Waals surface area contributed by atoms with E-state index in [0.29, 0.717) is 0 Å². The van der Waals surface area contributed by atoms with Crippen molar-refractivity contribution in [3.05, 3.63) is 102 Å². The number of sulfonamides is 1. The zero-order valence-electron chi connectivity index (χ0n) is 16.1. The molecule has 1 aliphatic rings. The minimum atomic E-state index is -3.84. The maximum absolute atomic E-state index is 13.7. The second-order valence-corrected chi connectivity index (χ2v) is 9.10. The first-order valence-corrected chi connectivity index (χ1v) is 11.0. The van der Waals surface area contributed by atoms with Gasteiger partial charge in [-0.25, -0.2) is 8.42 Å². The lowest BCUT2D eigenvalue weighted by molar-refractivity contribution is 0.187. The van der Waals surface area contributed by atoms with E-state index >= 15 is 0 Å². The monoisotopic (exact) mass is 408 g/mol. The maximum Gasteiger partial charge on any atom is 0.245 e. The Bertz CT molecular complexity index is 1050. The van der Waals surface area contributed by atoms with E-state index in [1.54, 1.807) is 24.3 Å². The Labute approximate surface area is 171 Å². The van der Waals surface area contributed by atoms with Gasteiger partial charge in [-0.3, -0.25) is 5.32 Å². The molecular formula is C23H24N2O3S. The lowest BCUT2D eigenvalue weighted by Gasteiger charge is -2.29. The number of rotatable bonds is 5. The van der Waals surface area contributed by atoms with Crippen molar-refractivity contribution >= 4 is 10.0 Å². The Morgan fingerprint density at radius 3 is 1.97 bits per heavy atom. The number of nitrogens with zero attached hydrogens (tertiary/aromatic N) is 1. The van der Waals surface area contributed by atoms with Crippen molar-refractivity contribution in [2.24, 2.45) is 0 Å². The lowest BCUT2D eigenvalue weighted by Crippen LogP contribution is -2.43. The van der Waals surface area contributed by atoms with E-state index in [9.17, 15) is 13.5 Å². The van der Waals surface area contributed by atoms with Crippen LogP contribution in [0.1, 0.15) is 28.8 Å². The third kappa shape index (κ3) is 3.72. The molecule has 0 bridgehead atoms. The van der Waals surface area contributed by atoms with Crippen molar-refractivity contribution in [3.8, 4) is 0 Å². The van der Waals surface area contributed by atoms with Gasteiger partial charge >= 0.3 is 0 Å². The summed E-state index contributed by atoms with van der Waals surface area (Å²) in [6, 6.07) is 25.4. The molecule has 4 rings (SSSR count). The van der Waals surface area contributed by atoms with Gasteiger partial charge in [0.2, 0.25) is 10.0 Å². The first-order valence-electron chi connectivity index (χ1n) is 9.59. The number of benzene rings is 3. The van der Waals surface area contributed by atoms with E-state index in [2.05, 4.69) is 5.32 Å². The first-order chi connectivity index (χ1) is 14.0. The standard InChI is InChI=1S/C23H24N2O3S/c1-17-12-14-20(15-13-17)29(27,28)25-21(16-26)24-22(18-8-4-2-5-9-18)23(25)19-10-6-3-7-11-19/h2-15,21-24,26H,16H2,1H3/t21-,22+,23+/m0/s1. The summed E-state index contributed by atoms with van der Waals surface area (Å²) in [5.41, 5.74) is 2.84. The van der Waals surface area contributed by atoms with Crippen molar-refractivity contribution in [2.45, 2.75) is 30.1 Å². The van der Waals surface area contributed by atoms with Crippen molar-refractivity contribution in [3.63, 3.8) is 0 Å². The summed E-state index contributed by atoms with van der Waals surface area (Å²) in [6.45, 7) is 1.60. The molecule has 1 heterocycles. The van der Waals surface area contributed by atoms with E-state index in [0.717, 1.165) is 16.7 Å². The van der Waals surface area contributed by atoms with Gasteiger partial charge in [0.1, 0.15) is 0 Å². The molecule has 3 aromatic rings. The summed E-state index contributed by atoms with van der Waals surface area (Å²) in [6.07, 6.45) is -0.725. The highest BCUT2D eigenvalue weighted by Crippen LogP contribution is 2.43. The molecule has 0 spiro atoms. The second-order valence-electron chi connectivity index (χ2n) is 7.26. The van der Waals surface area contributed by atoms with Gasteiger partial charge < -0.3 is 5.11 Å². The van der Waals surface area contributed by atoms with Crippen LogP contribution in [0.25, 0.3) is 0 Å². The molecule has 6 heteroatoms. The van der Waals surface area contributed by atoms with Crippen LogP contribution in [0.5, 0.6) is 0 Å². The SMILES string of the molecule is Cc1ccc(S(=O)(=O)N2[C@H](c3ccccc3)[C@@H](c3ccccc3)N[C@@H]2CO)cc1. The van der Waals surface area contributed by atoms with Crippen LogP contribution in [-0.4, -0.2) is 30.6 Å². The van der Waals surface area contributed by atoms with Crippen LogP contribution in [0.2, 0.25) is 0 Å². The van der Waals surface area contributed by atoms with Gasteiger partial charge in [-0.2, -0.15) is 4.31 Å². The summed E-state index contributed by atoms with van der Waals surface area (Å²) in [5, 5.41) is 13.4. The normalized spacial score (nSPS) is 22.6. The molecule has 0 saturated carbocycles. The highest BCUT2D eigenvalue weighted by Gasteiger charge is 2.48. The Morgan fingerprint density at radius 1 is 0.862 bits per heavy atom. The molecule has 0 aliphatic carbocycles. The number of hydrogen-bond acceptors (Lipinski definition) is 4. The molecule has 0 aromatic heterocycles. The Morgan fingerprint density at radius 2 is 1.41 bits per heavy atom. The van der Waals surface area contributed by atoms with Crippen molar-refractivity contribution in [1.29, 1.82) is 0 Å². The number of nitrogens with one attached hydrogen (secondary N) is 1. The Balaban J connectivity index is 1.86. The van der Waals surface area contributed by atoms with Gasteiger partial charge in [-0.1, -0.05) is 78.4 Å². The summed E-state index contributed by atoms with van der Waals surface area (Å²) < 4.78 is 28.7. The van der Waals surface area contributed by atoms with Crippen LogP contribution < -0.4 is 5.32 Å². The smallest absolute Gasteiger partial charge is 0.245 e. The fraction of sp³-hybridized carbons (Fsp3) is 0.217. The largest absolute Gasteiger partial charge is 0.393 e. The highest BCUT2D eigenvalue weighted by molar-refractivity contribution is 7.89. The highest BCUT2D eigenvalue weighted by atomic mass is 32.2. The molecule has 0 unspecified atom stereocenters. The predicted molar refractivity (Wildman–Crippen MR) is 113 cm³/mol. The van der Waals surface area contributed by atoms with Crippen LogP contribution in [0.4, 0.5) is 0 Å². The van der Waals surface area contributed by atoms with Crippen molar-refractivity contribution in [2.75, 3.05) is 6.61 Å². The van der Waals surface area contributed by atoms with Gasteiger partial charge in [0, 0.05) is 0 Å². The second kappa shape index (κ2) is 8.08. The molecule has 3 aromatic carbocycles. The number of hydrogen-bond donors (Lipinski definition) is 2. The quantitative estimate of drug-likeness (QED) is 0.679. The first kappa shape index (κ1) is 19.8. The molecule has 5 nitrogen and oxygen atoms in total. The summed E-state index contributed by atoms with van der Waals surface area (Å²) in [7, 11) is -3.84. The van der Waals surface area contributed by atoms with Crippen molar-refractivity contribution < 1.29 is 13.5 Å². The van der Waals surface area contributed by atoms with Crippen LogP contribution in [0.3, 0.4) is 0 Å². The van der Waals surface area contributed by atoms with Crippen LogP contribution in [0, 0.1) is 6.92 Å². The van der Waals surface area contributed by atoms with Gasteiger partial charge in [0.15, 0.2) is 0 Å². The minimum Gasteiger partial charge on any atom is -0.393 e.